The van der Waals surface area contributed by atoms with Gasteiger partial charge in [-0.15, -0.1) is 0 Å². The summed E-state index contributed by atoms with van der Waals surface area (Å²) in [5.41, 5.74) is -3.15. The van der Waals surface area contributed by atoms with Gasteiger partial charge in [0, 0.05) is 6.20 Å². The van der Waals surface area contributed by atoms with Gasteiger partial charge in [0.25, 0.3) is 0 Å². The molecule has 0 spiro atoms. The highest BCUT2D eigenvalue weighted by Crippen LogP contribution is 1.91. The molecule has 8 heteroatoms. The summed E-state index contributed by atoms with van der Waals surface area (Å²) in [4.78, 5) is 46.7. The summed E-state index contributed by atoms with van der Waals surface area (Å²) in [7, 11) is 0. The molecule has 0 fully saturated rings. The molecule has 0 unspecified atom stereocenters. The molecule has 0 saturated heterocycles. The van der Waals surface area contributed by atoms with Crippen molar-refractivity contribution in [1.29, 1.82) is 0 Å². The van der Waals surface area contributed by atoms with Crippen LogP contribution in [0.3, 0.4) is 0 Å². The van der Waals surface area contributed by atoms with Crippen LogP contribution in [0.25, 0.3) is 6.20 Å². The number of aromatic nitrogens is 3. The lowest BCUT2D eigenvalue weighted by atomic mass is 10.3. The second-order valence-corrected chi connectivity index (χ2v) is 2.68. The van der Waals surface area contributed by atoms with E-state index in [2.05, 4.69) is 0 Å². The summed E-state index contributed by atoms with van der Waals surface area (Å²) < 4.78 is 0.463. The fraction of sp³-hybridized carbons (Fsp3) is 0.143. The van der Waals surface area contributed by atoms with Crippen molar-refractivity contribution in [3.8, 4) is 0 Å². The fourth-order valence-corrected chi connectivity index (χ4v) is 0.804. The molecule has 80 valence electrons. The minimum absolute atomic E-state index is 0.213. The normalized spacial score (nSPS) is 11.4. The number of H-pyrrole nitrogens is 2. The maximum atomic E-state index is 11.1. The molecule has 1 heterocycles. The Bertz CT molecular complexity index is 553. The SMILES string of the molecule is CC(=Cn1c(=O)[nH]c(=O)[nH]c1=O)C(=O)O. The maximum Gasteiger partial charge on any atom is 0.337 e. The Kier molecular flexibility index (Phi) is 2.70. The average molecular weight is 213 g/mol. The second-order valence-electron chi connectivity index (χ2n) is 2.68. The number of nitrogens with one attached hydrogen (secondary N) is 2. The molecule has 0 aliphatic heterocycles. The van der Waals surface area contributed by atoms with Gasteiger partial charge in [-0.25, -0.2) is 23.7 Å². The summed E-state index contributed by atoms with van der Waals surface area (Å²) in [6, 6.07) is 0. The van der Waals surface area contributed by atoms with E-state index < -0.39 is 23.0 Å². The highest BCUT2D eigenvalue weighted by Gasteiger charge is 2.04. The Morgan fingerprint density at radius 3 is 2.13 bits per heavy atom. The summed E-state index contributed by atoms with van der Waals surface area (Å²) in [6.07, 6.45) is 0.819. The van der Waals surface area contributed by atoms with Crippen molar-refractivity contribution < 1.29 is 9.90 Å². The summed E-state index contributed by atoms with van der Waals surface area (Å²) in [5.74, 6) is -1.27. The van der Waals surface area contributed by atoms with Crippen LogP contribution in [-0.4, -0.2) is 25.6 Å². The number of aliphatic carboxylic acids is 1. The minimum Gasteiger partial charge on any atom is -0.478 e. The second kappa shape index (κ2) is 3.78. The van der Waals surface area contributed by atoms with Crippen LogP contribution >= 0.6 is 0 Å². The van der Waals surface area contributed by atoms with Gasteiger partial charge in [-0.3, -0.25) is 9.97 Å². The lowest BCUT2D eigenvalue weighted by molar-refractivity contribution is -0.132. The molecule has 0 atom stereocenters. The van der Waals surface area contributed by atoms with Gasteiger partial charge in [0.15, 0.2) is 0 Å². The molecule has 15 heavy (non-hydrogen) atoms. The van der Waals surface area contributed by atoms with E-state index in [9.17, 15) is 19.2 Å². The Morgan fingerprint density at radius 2 is 1.73 bits per heavy atom. The molecule has 1 aromatic heterocycles. The van der Waals surface area contributed by atoms with E-state index in [-0.39, 0.29) is 5.57 Å². The van der Waals surface area contributed by atoms with Crippen molar-refractivity contribution in [1.82, 2.24) is 14.5 Å². The average Bonchev–Trinajstić information content (AvgIpc) is 2.10. The fourth-order valence-electron chi connectivity index (χ4n) is 0.804. The third-order valence-corrected chi connectivity index (χ3v) is 1.54. The minimum atomic E-state index is -1.27. The van der Waals surface area contributed by atoms with Gasteiger partial charge in [0.2, 0.25) is 0 Å². The number of rotatable bonds is 2. The van der Waals surface area contributed by atoms with Crippen LogP contribution in [0.2, 0.25) is 0 Å². The Labute approximate surface area is 81.5 Å². The zero-order valence-electron chi connectivity index (χ0n) is 7.60. The number of carboxylic acids is 1. The molecule has 1 rings (SSSR count). The van der Waals surface area contributed by atoms with Crippen molar-refractivity contribution in [2.45, 2.75) is 6.92 Å². The number of hydrogen-bond donors (Lipinski definition) is 3. The van der Waals surface area contributed by atoms with Crippen molar-refractivity contribution in [3.63, 3.8) is 0 Å². The highest BCUT2D eigenvalue weighted by molar-refractivity contribution is 5.89. The standard InChI is InChI=1S/C7H7N3O5/c1-3(4(11)12)2-10-6(14)8-5(13)9-7(10)15/h2H,1H3,(H,11,12)(H2,8,9,13,14,15). The molecule has 0 saturated carbocycles. The maximum absolute atomic E-state index is 11.1. The van der Waals surface area contributed by atoms with Crippen LogP contribution in [-0.2, 0) is 4.79 Å². The summed E-state index contributed by atoms with van der Waals surface area (Å²) in [5, 5.41) is 8.51. The third-order valence-electron chi connectivity index (χ3n) is 1.54. The van der Waals surface area contributed by atoms with E-state index in [1.54, 1.807) is 9.97 Å². The van der Waals surface area contributed by atoms with Crippen molar-refractivity contribution in [2.24, 2.45) is 0 Å². The predicted octanol–water partition coefficient (Wildman–Crippen LogP) is -1.83. The summed E-state index contributed by atoms with van der Waals surface area (Å²) in [6.45, 7) is 1.21. The molecular weight excluding hydrogens is 206 g/mol. The van der Waals surface area contributed by atoms with Crippen LogP contribution in [0.4, 0.5) is 0 Å². The Hall–Kier alpha value is -2.38. The van der Waals surface area contributed by atoms with Crippen LogP contribution in [0, 0.1) is 0 Å². The quantitative estimate of drug-likeness (QED) is 0.498. The van der Waals surface area contributed by atoms with Crippen LogP contribution in [0.1, 0.15) is 6.92 Å². The first kappa shape index (κ1) is 10.7. The lowest BCUT2D eigenvalue weighted by Crippen LogP contribution is -2.41. The Balaban J connectivity index is 3.48. The van der Waals surface area contributed by atoms with E-state index in [1.807, 2.05) is 0 Å². The topological polar surface area (TPSA) is 125 Å². The molecular formula is C7H7N3O5. The van der Waals surface area contributed by atoms with Crippen LogP contribution in [0.5, 0.6) is 0 Å². The first-order valence-corrected chi connectivity index (χ1v) is 3.78. The third kappa shape index (κ3) is 2.30. The van der Waals surface area contributed by atoms with Gasteiger partial charge in [0.05, 0.1) is 5.57 Å². The van der Waals surface area contributed by atoms with E-state index in [4.69, 9.17) is 5.11 Å². The largest absolute Gasteiger partial charge is 0.478 e. The highest BCUT2D eigenvalue weighted by atomic mass is 16.4. The van der Waals surface area contributed by atoms with Crippen molar-refractivity contribution in [3.05, 3.63) is 37.0 Å². The molecule has 0 aliphatic carbocycles. The molecule has 8 nitrogen and oxygen atoms in total. The smallest absolute Gasteiger partial charge is 0.337 e. The first-order chi connectivity index (χ1) is 6.91. The van der Waals surface area contributed by atoms with Crippen LogP contribution < -0.4 is 17.1 Å². The lowest BCUT2D eigenvalue weighted by Gasteiger charge is -1.96. The number of aromatic amines is 2. The van der Waals surface area contributed by atoms with E-state index in [1.165, 1.54) is 6.92 Å². The molecule has 3 N–H and O–H groups in total. The summed E-state index contributed by atoms with van der Waals surface area (Å²) >= 11 is 0. The Morgan fingerprint density at radius 1 is 1.27 bits per heavy atom. The number of nitrogens with zero attached hydrogens (tertiary/aromatic N) is 1. The van der Waals surface area contributed by atoms with Gasteiger partial charge in [-0.1, -0.05) is 0 Å². The molecule has 1 aromatic rings. The van der Waals surface area contributed by atoms with Gasteiger partial charge >= 0.3 is 23.0 Å². The van der Waals surface area contributed by atoms with E-state index in [0.29, 0.717) is 4.57 Å². The molecule has 0 aromatic carbocycles. The monoisotopic (exact) mass is 213 g/mol. The molecule has 0 radical (unpaired) electrons. The predicted molar refractivity (Wildman–Crippen MR) is 49.5 cm³/mol. The van der Waals surface area contributed by atoms with Gasteiger partial charge < -0.3 is 5.11 Å². The van der Waals surface area contributed by atoms with Crippen LogP contribution in [0.15, 0.2) is 20.0 Å². The van der Waals surface area contributed by atoms with Crippen molar-refractivity contribution in [2.75, 3.05) is 0 Å². The van der Waals surface area contributed by atoms with Gasteiger partial charge in [0.1, 0.15) is 0 Å². The van der Waals surface area contributed by atoms with Gasteiger partial charge in [-0.05, 0) is 6.92 Å². The van der Waals surface area contributed by atoms with E-state index in [0.717, 1.165) is 6.20 Å². The molecule has 0 aliphatic rings. The van der Waals surface area contributed by atoms with E-state index >= 15 is 0 Å². The number of hydrogen-bond acceptors (Lipinski definition) is 4. The number of carboxylic acid groups (broad SMARTS) is 1. The molecule has 0 bridgehead atoms. The zero-order valence-corrected chi connectivity index (χ0v) is 7.60. The van der Waals surface area contributed by atoms with Gasteiger partial charge in [-0.2, -0.15) is 0 Å². The molecule has 0 amide bonds. The number of carbonyl (C=O) groups is 1. The van der Waals surface area contributed by atoms with Crippen molar-refractivity contribution >= 4 is 12.2 Å². The zero-order chi connectivity index (χ0) is 11.6. The first-order valence-electron chi connectivity index (χ1n) is 3.78.